The number of amides is 3. The Hall–Kier alpha value is -1.52. The molecule has 0 heterocycles. The molecule has 15 heavy (non-hydrogen) atoms. The number of rotatable bonds is 4. The highest BCUT2D eigenvalue weighted by Gasteiger charge is 2.22. The first-order valence-corrected chi connectivity index (χ1v) is 4.99. The molecule has 0 atom stereocenters. The van der Waals surface area contributed by atoms with Crippen molar-refractivity contribution in [3.63, 3.8) is 0 Å². The highest BCUT2D eigenvalue weighted by atomic mass is 16.2. The second-order valence-electron chi connectivity index (χ2n) is 3.26. The molecule has 86 valence electrons. The molecule has 0 aromatic carbocycles. The van der Waals surface area contributed by atoms with E-state index in [4.69, 9.17) is 5.73 Å². The Morgan fingerprint density at radius 1 is 1.27 bits per heavy atom. The summed E-state index contributed by atoms with van der Waals surface area (Å²) in [5.41, 5.74) is 5.57. The lowest BCUT2D eigenvalue weighted by atomic mass is 10.3. The third kappa shape index (κ3) is 3.61. The lowest BCUT2D eigenvalue weighted by molar-refractivity contribution is -0.139. The van der Waals surface area contributed by atoms with E-state index in [0.717, 1.165) is 6.42 Å². The average Bonchev–Trinajstić information content (AvgIpc) is 2.15. The molecule has 0 rings (SSSR count). The van der Waals surface area contributed by atoms with E-state index in [1.807, 2.05) is 6.92 Å². The van der Waals surface area contributed by atoms with Crippen LogP contribution in [0.25, 0.3) is 0 Å². The molecule has 0 aromatic heterocycles. The van der Waals surface area contributed by atoms with Crippen LogP contribution in [-0.2, 0) is 4.79 Å². The van der Waals surface area contributed by atoms with Gasteiger partial charge < -0.3 is 5.73 Å². The number of primary amides is 1. The minimum absolute atomic E-state index is 0.266. The van der Waals surface area contributed by atoms with Gasteiger partial charge in [0.25, 0.3) is 5.91 Å². The van der Waals surface area contributed by atoms with E-state index in [-0.39, 0.29) is 5.91 Å². The molecule has 0 unspecified atom stereocenters. The zero-order valence-corrected chi connectivity index (χ0v) is 9.62. The van der Waals surface area contributed by atoms with Crippen molar-refractivity contribution < 1.29 is 9.59 Å². The Morgan fingerprint density at radius 3 is 2.07 bits per heavy atom. The van der Waals surface area contributed by atoms with Gasteiger partial charge in [0.15, 0.2) is 0 Å². The van der Waals surface area contributed by atoms with Gasteiger partial charge in [-0.05, 0) is 20.3 Å². The van der Waals surface area contributed by atoms with E-state index < -0.39 is 6.03 Å². The van der Waals surface area contributed by atoms with Crippen LogP contribution in [0.2, 0.25) is 0 Å². The summed E-state index contributed by atoms with van der Waals surface area (Å²) in [5.74, 6) is -0.266. The highest BCUT2D eigenvalue weighted by molar-refractivity contribution is 5.93. The van der Waals surface area contributed by atoms with E-state index in [9.17, 15) is 9.59 Å². The molecule has 2 N–H and O–H groups in total. The number of hydrazine groups is 1. The maximum atomic E-state index is 11.7. The molecule has 0 aromatic rings. The third-order valence-electron chi connectivity index (χ3n) is 1.88. The van der Waals surface area contributed by atoms with Crippen molar-refractivity contribution in [3.05, 3.63) is 12.2 Å². The second-order valence-corrected chi connectivity index (χ2v) is 3.26. The maximum Gasteiger partial charge on any atom is 0.333 e. The molecular formula is C10H19N3O2. The van der Waals surface area contributed by atoms with Crippen LogP contribution in [0.5, 0.6) is 0 Å². The summed E-state index contributed by atoms with van der Waals surface area (Å²) >= 11 is 0. The van der Waals surface area contributed by atoms with Gasteiger partial charge in [-0.1, -0.05) is 13.5 Å². The van der Waals surface area contributed by atoms with Gasteiger partial charge in [-0.25, -0.2) is 14.8 Å². The van der Waals surface area contributed by atoms with Gasteiger partial charge in [0, 0.05) is 18.7 Å². The lowest BCUT2D eigenvalue weighted by Gasteiger charge is -2.32. The van der Waals surface area contributed by atoms with Crippen LogP contribution in [0.3, 0.4) is 0 Å². The minimum atomic E-state index is -0.624. The fourth-order valence-electron chi connectivity index (χ4n) is 1.21. The molecule has 0 aliphatic rings. The Bertz CT molecular complexity index is 263. The van der Waals surface area contributed by atoms with Crippen LogP contribution < -0.4 is 5.73 Å². The van der Waals surface area contributed by atoms with Gasteiger partial charge >= 0.3 is 6.03 Å². The van der Waals surface area contributed by atoms with Crippen LogP contribution in [0.1, 0.15) is 27.2 Å². The van der Waals surface area contributed by atoms with Crippen LogP contribution in [0.4, 0.5) is 4.79 Å². The predicted molar refractivity (Wildman–Crippen MR) is 58.8 cm³/mol. The largest absolute Gasteiger partial charge is 0.350 e. The number of urea groups is 1. The molecule has 5 nitrogen and oxygen atoms in total. The summed E-state index contributed by atoms with van der Waals surface area (Å²) in [6.07, 6.45) is 0.753. The average molecular weight is 213 g/mol. The van der Waals surface area contributed by atoms with Crippen molar-refractivity contribution in [2.24, 2.45) is 5.73 Å². The standard InChI is InChI=1S/C10H19N3O2/c1-5-7-13(9(14)8(3)4)12(6-2)10(11)15/h3,5-7H2,1-2,4H3,(H2,11,15). The normalized spacial score (nSPS) is 9.53. The molecule has 0 aliphatic carbocycles. The summed E-state index contributed by atoms with van der Waals surface area (Å²) in [6, 6.07) is -0.624. The van der Waals surface area contributed by atoms with E-state index in [1.165, 1.54) is 10.0 Å². The summed E-state index contributed by atoms with van der Waals surface area (Å²) in [6.45, 7) is 9.69. The monoisotopic (exact) mass is 213 g/mol. The third-order valence-corrected chi connectivity index (χ3v) is 1.88. The number of carbonyl (C=O) groups excluding carboxylic acids is 2. The van der Waals surface area contributed by atoms with Gasteiger partial charge in [0.2, 0.25) is 0 Å². The predicted octanol–water partition coefficient (Wildman–Crippen LogP) is 1.12. The Balaban J connectivity index is 4.84. The van der Waals surface area contributed by atoms with E-state index >= 15 is 0 Å². The fraction of sp³-hybridized carbons (Fsp3) is 0.600. The lowest BCUT2D eigenvalue weighted by Crippen LogP contribution is -2.52. The molecule has 0 radical (unpaired) electrons. The van der Waals surface area contributed by atoms with Crippen LogP contribution in [0.15, 0.2) is 12.2 Å². The molecule has 0 bridgehead atoms. The van der Waals surface area contributed by atoms with E-state index in [2.05, 4.69) is 6.58 Å². The molecule has 0 aliphatic heterocycles. The summed E-state index contributed by atoms with van der Waals surface area (Å²) in [4.78, 5) is 22.8. The van der Waals surface area contributed by atoms with Gasteiger partial charge in [-0.3, -0.25) is 4.79 Å². The number of nitrogens with zero attached hydrogens (tertiary/aromatic N) is 2. The summed E-state index contributed by atoms with van der Waals surface area (Å²) in [5, 5.41) is 2.56. The number of nitrogens with two attached hydrogens (primary N) is 1. The second kappa shape index (κ2) is 6.06. The first-order chi connectivity index (χ1) is 6.95. The molecule has 0 saturated heterocycles. The van der Waals surface area contributed by atoms with Crippen molar-refractivity contribution in [1.29, 1.82) is 0 Å². The first-order valence-electron chi connectivity index (χ1n) is 4.99. The van der Waals surface area contributed by atoms with Crippen molar-refractivity contribution in [2.75, 3.05) is 13.1 Å². The van der Waals surface area contributed by atoms with Crippen molar-refractivity contribution in [1.82, 2.24) is 10.0 Å². The van der Waals surface area contributed by atoms with E-state index in [1.54, 1.807) is 13.8 Å². The molecule has 5 heteroatoms. The number of hydrogen-bond donors (Lipinski definition) is 1. The molecular weight excluding hydrogens is 194 g/mol. The quantitative estimate of drug-likeness (QED) is 0.561. The SMILES string of the molecule is C=C(C)C(=O)N(CCC)N(CC)C(N)=O. The fourth-order valence-corrected chi connectivity index (χ4v) is 1.21. The summed E-state index contributed by atoms with van der Waals surface area (Å²) < 4.78 is 0. The molecule has 0 spiro atoms. The number of carbonyl (C=O) groups is 2. The smallest absolute Gasteiger partial charge is 0.333 e. The topological polar surface area (TPSA) is 66.6 Å². The van der Waals surface area contributed by atoms with Crippen LogP contribution in [-0.4, -0.2) is 35.0 Å². The van der Waals surface area contributed by atoms with Crippen molar-refractivity contribution in [2.45, 2.75) is 27.2 Å². The number of hydrogen-bond acceptors (Lipinski definition) is 2. The van der Waals surface area contributed by atoms with Crippen LogP contribution >= 0.6 is 0 Å². The summed E-state index contributed by atoms with van der Waals surface area (Å²) in [7, 11) is 0. The highest BCUT2D eigenvalue weighted by Crippen LogP contribution is 2.05. The van der Waals surface area contributed by atoms with Gasteiger partial charge in [0.05, 0.1) is 0 Å². The zero-order chi connectivity index (χ0) is 12.0. The Labute approximate surface area is 90.5 Å². The maximum absolute atomic E-state index is 11.7. The minimum Gasteiger partial charge on any atom is -0.350 e. The van der Waals surface area contributed by atoms with Crippen molar-refractivity contribution >= 4 is 11.9 Å². The first kappa shape index (κ1) is 13.5. The zero-order valence-electron chi connectivity index (χ0n) is 9.62. The molecule has 0 saturated carbocycles. The Morgan fingerprint density at radius 2 is 1.80 bits per heavy atom. The molecule has 0 fully saturated rings. The van der Waals surface area contributed by atoms with Crippen LogP contribution in [0, 0.1) is 0 Å². The van der Waals surface area contributed by atoms with Gasteiger partial charge in [-0.2, -0.15) is 0 Å². The van der Waals surface area contributed by atoms with Gasteiger partial charge in [0.1, 0.15) is 0 Å². The van der Waals surface area contributed by atoms with Gasteiger partial charge in [-0.15, -0.1) is 0 Å². The Kier molecular flexibility index (Phi) is 5.44. The van der Waals surface area contributed by atoms with E-state index in [0.29, 0.717) is 18.7 Å². The molecule has 3 amide bonds. The van der Waals surface area contributed by atoms with Crippen molar-refractivity contribution in [3.8, 4) is 0 Å².